The number of hydrogen-bond donors (Lipinski definition) is 1. The number of carboxylic acids is 1. The molecule has 0 bridgehead atoms. The number of aliphatic carboxylic acids is 1. The number of rotatable bonds is 17. The molecule has 0 fully saturated rings. The Morgan fingerprint density at radius 1 is 0.696 bits per heavy atom. The average molecular weight is 323 g/mol. The average Bonchev–Trinajstić information content (AvgIpc) is 2.53. The van der Waals surface area contributed by atoms with Gasteiger partial charge in [0.05, 0.1) is 0 Å². The van der Waals surface area contributed by atoms with Crippen molar-refractivity contribution in [3.63, 3.8) is 0 Å². The summed E-state index contributed by atoms with van der Waals surface area (Å²) in [7, 11) is 0. The summed E-state index contributed by atoms with van der Waals surface area (Å²) in [4.78, 5) is 10.4. The molecule has 0 amide bonds. The van der Waals surface area contributed by atoms with Gasteiger partial charge >= 0.3 is 5.97 Å². The minimum absolute atomic E-state index is 0.337. The van der Waals surface area contributed by atoms with E-state index in [1.54, 1.807) is 0 Å². The summed E-state index contributed by atoms with van der Waals surface area (Å²) in [6.07, 6.45) is 26.7. The predicted octanol–water partition coefficient (Wildman–Crippen LogP) is 7.05. The third kappa shape index (κ3) is 21.0. The Bertz CT molecular complexity index is 305. The highest BCUT2D eigenvalue weighted by Crippen LogP contribution is 2.12. The van der Waals surface area contributed by atoms with Gasteiger partial charge in [0, 0.05) is 6.42 Å². The Balaban J connectivity index is 3.10. The fourth-order valence-corrected chi connectivity index (χ4v) is 2.63. The monoisotopic (exact) mass is 322 g/mol. The topological polar surface area (TPSA) is 37.3 Å². The quantitative estimate of drug-likeness (QED) is 0.230. The number of carboxylic acid groups (broad SMARTS) is 1. The van der Waals surface area contributed by atoms with Crippen LogP contribution in [-0.2, 0) is 4.79 Å². The summed E-state index contributed by atoms with van der Waals surface area (Å²) in [5, 5.41) is 8.54. The van der Waals surface area contributed by atoms with Crippen molar-refractivity contribution in [2.75, 3.05) is 0 Å². The van der Waals surface area contributed by atoms with Crippen molar-refractivity contribution < 1.29 is 9.90 Å². The summed E-state index contributed by atoms with van der Waals surface area (Å²) in [6, 6.07) is 0. The molecule has 2 nitrogen and oxygen atoms in total. The molecule has 0 saturated heterocycles. The third-order valence-electron chi connectivity index (χ3n) is 4.07. The Morgan fingerprint density at radius 2 is 1.17 bits per heavy atom. The van der Waals surface area contributed by atoms with Crippen LogP contribution in [-0.4, -0.2) is 11.1 Å². The first-order valence-corrected chi connectivity index (χ1v) is 9.79. The van der Waals surface area contributed by atoms with E-state index < -0.39 is 5.97 Å². The summed E-state index contributed by atoms with van der Waals surface area (Å²) in [5.74, 6) is -0.659. The molecule has 0 spiro atoms. The van der Waals surface area contributed by atoms with Crippen LogP contribution >= 0.6 is 0 Å². The maximum Gasteiger partial charge on any atom is 0.303 e. The fourth-order valence-electron chi connectivity index (χ4n) is 2.63. The molecule has 0 aliphatic carbocycles. The molecule has 0 saturated carbocycles. The van der Waals surface area contributed by atoms with Crippen molar-refractivity contribution in [1.29, 1.82) is 0 Å². The third-order valence-corrected chi connectivity index (χ3v) is 4.07. The van der Waals surface area contributed by atoms with Gasteiger partial charge in [-0.2, -0.15) is 0 Å². The van der Waals surface area contributed by atoms with Crippen LogP contribution in [0.2, 0.25) is 0 Å². The maximum atomic E-state index is 10.4. The number of hydrogen-bond acceptors (Lipinski definition) is 1. The van der Waals surface area contributed by atoms with Crippen molar-refractivity contribution in [3.05, 3.63) is 24.3 Å². The summed E-state index contributed by atoms with van der Waals surface area (Å²) in [6.45, 7) is 2.21. The first-order valence-electron chi connectivity index (χ1n) is 9.79. The second-order valence-corrected chi connectivity index (χ2v) is 6.44. The van der Waals surface area contributed by atoms with E-state index in [1.807, 2.05) is 0 Å². The summed E-state index contributed by atoms with van der Waals surface area (Å²) in [5.41, 5.74) is 0. The van der Waals surface area contributed by atoms with Gasteiger partial charge in [-0.1, -0.05) is 89.0 Å². The standard InChI is InChI=1S/C21H38O2/c1-2-3-4-5-6-7-8-9-10-11-12-13-14-15-16-17-18-19-20-21(22)23/h4-5,7-8H,2-3,6,9-20H2,1H3,(H,22,23). The van der Waals surface area contributed by atoms with Gasteiger partial charge in [0.2, 0.25) is 0 Å². The smallest absolute Gasteiger partial charge is 0.303 e. The molecule has 2 heteroatoms. The van der Waals surface area contributed by atoms with Gasteiger partial charge < -0.3 is 5.11 Å². The zero-order valence-electron chi connectivity index (χ0n) is 15.3. The van der Waals surface area contributed by atoms with Crippen molar-refractivity contribution in [3.8, 4) is 0 Å². The lowest BCUT2D eigenvalue weighted by molar-refractivity contribution is -0.137. The molecular formula is C21H38O2. The predicted molar refractivity (Wildman–Crippen MR) is 101 cm³/mol. The minimum Gasteiger partial charge on any atom is -0.481 e. The molecule has 134 valence electrons. The Labute approximate surface area is 144 Å². The van der Waals surface area contributed by atoms with E-state index in [0.29, 0.717) is 6.42 Å². The number of unbranched alkanes of at least 4 members (excludes halogenated alkanes) is 11. The largest absolute Gasteiger partial charge is 0.481 e. The Kier molecular flexibility index (Phi) is 18.1. The van der Waals surface area contributed by atoms with Crippen LogP contribution in [0.15, 0.2) is 24.3 Å². The van der Waals surface area contributed by atoms with Crippen molar-refractivity contribution in [2.24, 2.45) is 0 Å². The van der Waals surface area contributed by atoms with Gasteiger partial charge in [-0.05, 0) is 32.1 Å². The molecule has 0 atom stereocenters. The molecule has 0 aliphatic rings. The van der Waals surface area contributed by atoms with E-state index in [4.69, 9.17) is 5.11 Å². The van der Waals surface area contributed by atoms with Crippen LogP contribution in [0.3, 0.4) is 0 Å². The first kappa shape index (κ1) is 21.9. The molecule has 0 unspecified atom stereocenters. The zero-order valence-corrected chi connectivity index (χ0v) is 15.3. The molecule has 0 aliphatic heterocycles. The normalized spacial score (nSPS) is 11.7. The molecule has 0 aromatic heterocycles. The highest BCUT2D eigenvalue weighted by Gasteiger charge is 1.96. The minimum atomic E-state index is -0.659. The van der Waals surface area contributed by atoms with Gasteiger partial charge in [0.25, 0.3) is 0 Å². The van der Waals surface area contributed by atoms with Gasteiger partial charge in [-0.15, -0.1) is 0 Å². The molecule has 0 aromatic carbocycles. The van der Waals surface area contributed by atoms with Crippen molar-refractivity contribution in [1.82, 2.24) is 0 Å². The first-order chi connectivity index (χ1) is 11.3. The molecule has 0 heterocycles. The molecule has 0 aromatic rings. The molecule has 1 N–H and O–H groups in total. The zero-order chi connectivity index (χ0) is 17.0. The molecule has 0 radical (unpaired) electrons. The van der Waals surface area contributed by atoms with Crippen LogP contribution in [0.4, 0.5) is 0 Å². The van der Waals surface area contributed by atoms with Crippen LogP contribution < -0.4 is 0 Å². The second kappa shape index (κ2) is 19.0. The van der Waals surface area contributed by atoms with E-state index in [-0.39, 0.29) is 0 Å². The molecular weight excluding hydrogens is 284 g/mol. The van der Waals surface area contributed by atoms with Gasteiger partial charge in [0.15, 0.2) is 0 Å². The Morgan fingerprint density at radius 3 is 1.70 bits per heavy atom. The SMILES string of the molecule is CCCC=CCC=CCCCCCCCCCCCCC(=O)O. The number of carbonyl (C=O) groups is 1. The van der Waals surface area contributed by atoms with Crippen LogP contribution in [0.5, 0.6) is 0 Å². The lowest BCUT2D eigenvalue weighted by Crippen LogP contribution is -1.93. The van der Waals surface area contributed by atoms with Crippen LogP contribution in [0.1, 0.15) is 103 Å². The Hall–Kier alpha value is -1.05. The highest BCUT2D eigenvalue weighted by molar-refractivity contribution is 5.66. The van der Waals surface area contributed by atoms with Crippen LogP contribution in [0, 0.1) is 0 Å². The van der Waals surface area contributed by atoms with E-state index >= 15 is 0 Å². The van der Waals surface area contributed by atoms with E-state index in [0.717, 1.165) is 19.3 Å². The van der Waals surface area contributed by atoms with E-state index in [9.17, 15) is 4.79 Å². The van der Waals surface area contributed by atoms with Crippen molar-refractivity contribution >= 4 is 5.97 Å². The highest BCUT2D eigenvalue weighted by atomic mass is 16.4. The van der Waals surface area contributed by atoms with E-state index in [1.165, 1.54) is 70.6 Å². The summed E-state index contributed by atoms with van der Waals surface area (Å²) >= 11 is 0. The number of allylic oxidation sites excluding steroid dienone is 4. The van der Waals surface area contributed by atoms with Gasteiger partial charge in [0.1, 0.15) is 0 Å². The van der Waals surface area contributed by atoms with Gasteiger partial charge in [-0.3, -0.25) is 4.79 Å². The van der Waals surface area contributed by atoms with E-state index in [2.05, 4.69) is 31.2 Å². The maximum absolute atomic E-state index is 10.4. The van der Waals surface area contributed by atoms with Gasteiger partial charge in [-0.25, -0.2) is 0 Å². The lowest BCUT2D eigenvalue weighted by atomic mass is 10.1. The summed E-state index contributed by atoms with van der Waals surface area (Å²) < 4.78 is 0. The second-order valence-electron chi connectivity index (χ2n) is 6.44. The molecule has 0 rings (SSSR count). The molecule has 23 heavy (non-hydrogen) atoms. The fraction of sp³-hybridized carbons (Fsp3) is 0.762. The van der Waals surface area contributed by atoms with Crippen molar-refractivity contribution in [2.45, 2.75) is 103 Å². The lowest BCUT2D eigenvalue weighted by Gasteiger charge is -2.01. The van der Waals surface area contributed by atoms with Crippen LogP contribution in [0.25, 0.3) is 0 Å².